The van der Waals surface area contributed by atoms with Crippen molar-refractivity contribution in [2.75, 3.05) is 0 Å². The third-order valence-corrected chi connectivity index (χ3v) is 9.82. The Balaban J connectivity index is 0.000000124. The molecule has 6 nitrogen and oxygen atoms in total. The topological polar surface area (TPSA) is 79.8 Å². The zero-order valence-electron chi connectivity index (χ0n) is 32.5. The number of nitrogens with zero attached hydrogens (tertiary/aromatic N) is 6. The quantitative estimate of drug-likeness (QED) is 0.161. The van der Waals surface area contributed by atoms with Gasteiger partial charge in [0, 0.05) is 24.0 Å². The standard InChI is InChI=1S/2C15H9FN.2C11H7N2.2Pt/c2*16-13-7-5-12(6-8-13)15-14-4-2-1-3-11(14)9-10-17-15;2*1-2-6-10-8(4-1)9-5-3-7-12-11(9)13-10;;/h2*1-5,7-10H;2*1-7H;;/q4*-1;2*+2. The van der Waals surface area contributed by atoms with Crippen molar-refractivity contribution in [3.63, 3.8) is 0 Å². The predicted molar refractivity (Wildman–Crippen MR) is 237 cm³/mol. The SMILES string of the molecule is Fc1c[c-]c(-c2nccc3ccccc23)cc1.Fc1c[c-]c(-c2nccc3ccccc23)cc1.[Pt+2].[Pt+2].c1ccc2c(c1)[n-]c1ncccc12.c1ccc2c(c1)[n-]c1ncccc12. The summed E-state index contributed by atoms with van der Waals surface area (Å²) in [4.78, 5) is 25.9. The molecule has 0 N–H and O–H groups in total. The van der Waals surface area contributed by atoms with Crippen molar-refractivity contribution in [1.82, 2.24) is 29.9 Å². The molecule has 62 heavy (non-hydrogen) atoms. The minimum atomic E-state index is -0.283. The number of benzene rings is 6. The molecule has 0 aliphatic carbocycles. The molecule has 0 spiro atoms. The number of fused-ring (bicyclic) bond motifs is 8. The second kappa shape index (κ2) is 20.2. The van der Waals surface area contributed by atoms with Gasteiger partial charge < -0.3 is 29.9 Å². The molecule has 304 valence electrons. The molecule has 10 heteroatoms. The molecule has 0 saturated carbocycles. The molecular formula is C52H32F2N6Pt2. The Morgan fingerprint density at radius 2 is 0.742 bits per heavy atom. The summed E-state index contributed by atoms with van der Waals surface area (Å²) in [5, 5.41) is 8.99. The average molecular weight is 1170 g/mol. The maximum absolute atomic E-state index is 12.9. The maximum atomic E-state index is 12.9. The van der Waals surface area contributed by atoms with E-state index in [-0.39, 0.29) is 53.8 Å². The Bertz CT molecular complexity index is 3030. The van der Waals surface area contributed by atoms with Gasteiger partial charge in [-0.2, -0.15) is 0 Å². The van der Waals surface area contributed by atoms with Gasteiger partial charge in [-0.15, -0.1) is 59.7 Å². The Kier molecular flexibility index (Phi) is 14.1. The number of hydrogen-bond donors (Lipinski definition) is 0. The number of para-hydroxylation sites is 2. The van der Waals surface area contributed by atoms with Crippen molar-refractivity contribution in [2.24, 2.45) is 0 Å². The van der Waals surface area contributed by atoms with Crippen molar-refractivity contribution in [2.45, 2.75) is 0 Å². The first kappa shape index (κ1) is 43.4. The van der Waals surface area contributed by atoms with Crippen LogP contribution in [0.5, 0.6) is 0 Å². The summed E-state index contributed by atoms with van der Waals surface area (Å²) in [6, 6.07) is 58.8. The molecule has 0 unspecified atom stereocenters. The molecule has 12 rings (SSSR count). The van der Waals surface area contributed by atoms with Crippen LogP contribution in [-0.4, -0.2) is 19.9 Å². The van der Waals surface area contributed by atoms with Crippen molar-refractivity contribution >= 4 is 65.4 Å². The molecule has 0 aliphatic rings. The summed E-state index contributed by atoms with van der Waals surface area (Å²) in [5.74, 6) is -0.567. The smallest absolute Gasteiger partial charge is 0.442 e. The van der Waals surface area contributed by atoms with Crippen LogP contribution in [0.4, 0.5) is 8.78 Å². The van der Waals surface area contributed by atoms with Gasteiger partial charge in [-0.1, -0.05) is 145 Å². The van der Waals surface area contributed by atoms with Crippen LogP contribution in [-0.2, 0) is 42.1 Å². The van der Waals surface area contributed by atoms with Crippen LogP contribution in [0.15, 0.2) is 195 Å². The number of aromatic nitrogens is 6. The summed E-state index contributed by atoms with van der Waals surface area (Å²) < 4.78 is 25.7. The zero-order chi connectivity index (χ0) is 40.7. The van der Waals surface area contributed by atoms with E-state index in [2.05, 4.69) is 66.3 Å². The number of rotatable bonds is 2. The van der Waals surface area contributed by atoms with Gasteiger partial charge in [0.15, 0.2) is 0 Å². The van der Waals surface area contributed by atoms with Crippen molar-refractivity contribution < 1.29 is 50.9 Å². The van der Waals surface area contributed by atoms with E-state index < -0.39 is 0 Å². The molecule has 6 heterocycles. The van der Waals surface area contributed by atoms with Crippen LogP contribution in [0, 0.1) is 23.8 Å². The van der Waals surface area contributed by atoms with Crippen LogP contribution in [0.2, 0.25) is 0 Å². The molecule has 6 aromatic carbocycles. The van der Waals surface area contributed by atoms with E-state index in [1.165, 1.54) is 35.0 Å². The predicted octanol–water partition coefficient (Wildman–Crippen LogP) is 12.4. The number of hydrogen-bond acceptors (Lipinski definition) is 4. The first-order valence-electron chi connectivity index (χ1n) is 19.1. The van der Waals surface area contributed by atoms with E-state index in [1.54, 1.807) is 36.9 Å². The van der Waals surface area contributed by atoms with E-state index in [0.29, 0.717) is 0 Å². The second-order valence-corrected chi connectivity index (χ2v) is 13.6. The van der Waals surface area contributed by atoms with Gasteiger partial charge in [0.05, 0.1) is 0 Å². The van der Waals surface area contributed by atoms with Crippen LogP contribution in [0.25, 0.3) is 87.9 Å². The van der Waals surface area contributed by atoms with Gasteiger partial charge in [-0.05, 0) is 77.6 Å². The summed E-state index contributed by atoms with van der Waals surface area (Å²) in [7, 11) is 0. The van der Waals surface area contributed by atoms with E-state index in [4.69, 9.17) is 0 Å². The normalized spacial score (nSPS) is 10.5. The Morgan fingerprint density at radius 3 is 1.16 bits per heavy atom. The fourth-order valence-electron chi connectivity index (χ4n) is 6.99. The molecule has 0 fully saturated rings. The molecule has 0 radical (unpaired) electrons. The van der Waals surface area contributed by atoms with Crippen LogP contribution < -0.4 is 9.97 Å². The van der Waals surface area contributed by atoms with Crippen LogP contribution in [0.1, 0.15) is 0 Å². The second-order valence-electron chi connectivity index (χ2n) is 13.6. The number of pyridine rings is 4. The van der Waals surface area contributed by atoms with Crippen molar-refractivity contribution in [1.29, 1.82) is 0 Å². The molecule has 0 aliphatic heterocycles. The monoisotopic (exact) mass is 1170 g/mol. The van der Waals surface area contributed by atoms with E-state index in [9.17, 15) is 8.78 Å². The molecule has 0 saturated heterocycles. The molecule has 0 atom stereocenters. The number of halogens is 2. The maximum Gasteiger partial charge on any atom is 2.00 e. The fraction of sp³-hybridized carbons (Fsp3) is 0. The van der Waals surface area contributed by atoms with Crippen LogP contribution >= 0.6 is 0 Å². The summed E-state index contributed by atoms with van der Waals surface area (Å²) in [6.07, 6.45) is 7.06. The molecule has 6 aromatic heterocycles. The molecule has 0 bridgehead atoms. The largest absolute Gasteiger partial charge is 2.00 e. The fourth-order valence-corrected chi connectivity index (χ4v) is 6.99. The third kappa shape index (κ3) is 9.58. The van der Waals surface area contributed by atoms with Crippen molar-refractivity contribution in [3.05, 3.63) is 218 Å². The molecule has 0 amide bonds. The Morgan fingerprint density at radius 1 is 0.355 bits per heavy atom. The summed E-state index contributed by atoms with van der Waals surface area (Å²) in [5.41, 5.74) is 7.01. The molecular weight excluding hydrogens is 1140 g/mol. The first-order valence-corrected chi connectivity index (χ1v) is 19.1. The van der Waals surface area contributed by atoms with E-state index in [0.717, 1.165) is 77.2 Å². The summed E-state index contributed by atoms with van der Waals surface area (Å²) >= 11 is 0. The zero-order valence-corrected chi connectivity index (χ0v) is 37.1. The van der Waals surface area contributed by atoms with Gasteiger partial charge in [0.25, 0.3) is 0 Å². The van der Waals surface area contributed by atoms with Crippen molar-refractivity contribution in [3.8, 4) is 22.5 Å². The van der Waals surface area contributed by atoms with Gasteiger partial charge in [-0.3, -0.25) is 8.78 Å². The van der Waals surface area contributed by atoms with E-state index >= 15 is 0 Å². The Hall–Kier alpha value is -6.72. The third-order valence-electron chi connectivity index (χ3n) is 9.82. The Labute approximate surface area is 384 Å². The van der Waals surface area contributed by atoms with Crippen LogP contribution in [0.3, 0.4) is 0 Å². The minimum absolute atomic E-state index is 0. The van der Waals surface area contributed by atoms with Gasteiger partial charge in [0.2, 0.25) is 0 Å². The van der Waals surface area contributed by atoms with E-state index in [1.807, 2.05) is 109 Å². The minimum Gasteiger partial charge on any atom is -0.442 e. The summed E-state index contributed by atoms with van der Waals surface area (Å²) in [6.45, 7) is 0. The average Bonchev–Trinajstić information content (AvgIpc) is 3.89. The van der Waals surface area contributed by atoms with Gasteiger partial charge in [0.1, 0.15) is 0 Å². The first-order chi connectivity index (χ1) is 29.6. The van der Waals surface area contributed by atoms with Gasteiger partial charge >= 0.3 is 42.1 Å². The molecule has 12 aromatic rings. The van der Waals surface area contributed by atoms with Gasteiger partial charge in [-0.25, -0.2) is 0 Å².